The summed E-state index contributed by atoms with van der Waals surface area (Å²) < 4.78 is 4.77. The van der Waals surface area contributed by atoms with Gasteiger partial charge in [0.05, 0.1) is 22.1 Å². The molecule has 0 unspecified atom stereocenters. The number of aromatic nitrogens is 2. The zero-order valence-electron chi connectivity index (χ0n) is 43.7. The van der Waals surface area contributed by atoms with Crippen molar-refractivity contribution in [1.29, 1.82) is 0 Å². The molecule has 16 aromatic rings. The van der Waals surface area contributed by atoms with Crippen molar-refractivity contribution in [3.63, 3.8) is 0 Å². The Morgan fingerprint density at radius 1 is 0.190 bits per heavy atom. The molecule has 0 bridgehead atoms. The van der Waals surface area contributed by atoms with Crippen LogP contribution in [0.15, 0.2) is 297 Å². The van der Waals surface area contributed by atoms with Gasteiger partial charge in [0.25, 0.3) is 0 Å². The Morgan fingerprint density at radius 2 is 0.430 bits per heavy atom. The van der Waals surface area contributed by atoms with Gasteiger partial charge in [0, 0.05) is 32.9 Å². The van der Waals surface area contributed by atoms with Crippen molar-refractivity contribution < 1.29 is 0 Å². The standard InChI is InChI=1S/C39H27N.C38H25N/c1-26-19-24-37-35(25-26)30-13-9-10-18-36(30)40(37)29-22-20-28(21-23-29)39-33-16-7-5-14-31(33)38(27-11-3-2-4-12-27)32-15-6-8-17-34(32)39;1-2-12-26(13-3-1)37-31-16-4-6-18-33(31)38(34-19-7-5-17-32(34)37)27-22-24-28(25-23-27)39-35-20-10-8-14-29(35)30-15-9-11-21-36(30)39/h2-25H,1H3;1-25H. The maximum atomic E-state index is 2.39. The van der Waals surface area contributed by atoms with Crippen molar-refractivity contribution in [2.24, 2.45) is 0 Å². The molecule has 370 valence electrons. The van der Waals surface area contributed by atoms with E-state index >= 15 is 0 Å². The van der Waals surface area contributed by atoms with Gasteiger partial charge in [-0.05, 0) is 149 Å². The van der Waals surface area contributed by atoms with E-state index in [0.717, 1.165) is 0 Å². The number of hydrogen-bond acceptors (Lipinski definition) is 0. The van der Waals surface area contributed by atoms with E-state index in [1.807, 2.05) is 0 Å². The fraction of sp³-hybridized carbons (Fsp3) is 0.0130. The first-order chi connectivity index (χ1) is 39.2. The van der Waals surface area contributed by atoms with Gasteiger partial charge in [0.2, 0.25) is 0 Å². The third kappa shape index (κ3) is 7.64. The molecule has 2 aromatic heterocycles. The average Bonchev–Trinajstić information content (AvgIpc) is 4.13. The number of hydrogen-bond donors (Lipinski definition) is 0. The molecule has 79 heavy (non-hydrogen) atoms. The second-order valence-electron chi connectivity index (χ2n) is 20.8. The number of aryl methyl sites for hydroxylation is 1. The van der Waals surface area contributed by atoms with Crippen LogP contribution >= 0.6 is 0 Å². The molecule has 0 spiro atoms. The first kappa shape index (κ1) is 46.1. The summed E-state index contributed by atoms with van der Waals surface area (Å²) in [6.45, 7) is 2.16. The van der Waals surface area contributed by atoms with Crippen molar-refractivity contribution in [3.05, 3.63) is 303 Å². The smallest absolute Gasteiger partial charge is 0.0541 e. The van der Waals surface area contributed by atoms with Gasteiger partial charge in [0.15, 0.2) is 0 Å². The first-order valence-corrected chi connectivity index (χ1v) is 27.3. The van der Waals surface area contributed by atoms with Gasteiger partial charge in [-0.15, -0.1) is 0 Å². The Kier molecular flexibility index (Phi) is 11.1. The van der Waals surface area contributed by atoms with Crippen molar-refractivity contribution in [2.45, 2.75) is 6.92 Å². The van der Waals surface area contributed by atoms with Crippen LogP contribution < -0.4 is 0 Å². The maximum absolute atomic E-state index is 2.39. The molecule has 0 aliphatic heterocycles. The maximum Gasteiger partial charge on any atom is 0.0541 e. The lowest BCUT2D eigenvalue weighted by atomic mass is 9.86. The van der Waals surface area contributed by atoms with Crippen molar-refractivity contribution >= 4 is 86.7 Å². The minimum Gasteiger partial charge on any atom is -0.309 e. The second kappa shape index (κ2) is 19.1. The summed E-state index contributed by atoms with van der Waals surface area (Å²) in [7, 11) is 0. The normalized spacial score (nSPS) is 11.6. The van der Waals surface area contributed by atoms with Crippen LogP contribution in [-0.4, -0.2) is 9.13 Å². The van der Waals surface area contributed by atoms with Crippen LogP contribution in [0.2, 0.25) is 0 Å². The molecule has 2 heteroatoms. The van der Waals surface area contributed by atoms with Crippen LogP contribution in [0.3, 0.4) is 0 Å². The van der Waals surface area contributed by atoms with E-state index in [0.29, 0.717) is 0 Å². The number of para-hydroxylation sites is 3. The topological polar surface area (TPSA) is 9.86 Å². The summed E-state index contributed by atoms with van der Waals surface area (Å²) in [4.78, 5) is 0. The van der Waals surface area contributed by atoms with Crippen molar-refractivity contribution in [2.75, 3.05) is 0 Å². The van der Waals surface area contributed by atoms with E-state index in [2.05, 4.69) is 313 Å². The third-order valence-corrected chi connectivity index (χ3v) is 16.2. The quantitative estimate of drug-likeness (QED) is 0.147. The molecule has 14 aromatic carbocycles. The number of fused-ring (bicyclic) bond motifs is 10. The average molecular weight is 1010 g/mol. The highest BCUT2D eigenvalue weighted by Crippen LogP contribution is 2.46. The zero-order chi connectivity index (χ0) is 52.4. The zero-order valence-corrected chi connectivity index (χ0v) is 43.7. The van der Waals surface area contributed by atoms with Gasteiger partial charge in [-0.1, -0.05) is 248 Å². The number of rotatable bonds is 6. The van der Waals surface area contributed by atoms with Gasteiger partial charge in [-0.2, -0.15) is 0 Å². The second-order valence-corrected chi connectivity index (χ2v) is 20.8. The lowest BCUT2D eigenvalue weighted by molar-refractivity contribution is 1.18. The van der Waals surface area contributed by atoms with E-state index in [1.54, 1.807) is 0 Å². The van der Waals surface area contributed by atoms with E-state index in [1.165, 1.54) is 148 Å². The highest BCUT2D eigenvalue weighted by Gasteiger charge is 2.20. The minimum atomic E-state index is 1.17. The molecule has 2 nitrogen and oxygen atoms in total. The Bertz CT molecular complexity index is 4820. The molecule has 0 saturated carbocycles. The van der Waals surface area contributed by atoms with Gasteiger partial charge in [0.1, 0.15) is 0 Å². The molecule has 16 rings (SSSR count). The molecular weight excluding hydrogens is 953 g/mol. The number of nitrogens with zero attached hydrogens (tertiary/aromatic N) is 2. The van der Waals surface area contributed by atoms with E-state index in [4.69, 9.17) is 0 Å². The van der Waals surface area contributed by atoms with E-state index in [9.17, 15) is 0 Å². The Morgan fingerprint density at radius 3 is 0.747 bits per heavy atom. The summed E-state index contributed by atoms with van der Waals surface area (Å²) in [6.07, 6.45) is 0. The fourth-order valence-electron chi connectivity index (χ4n) is 12.8. The summed E-state index contributed by atoms with van der Waals surface area (Å²) >= 11 is 0. The van der Waals surface area contributed by atoms with E-state index in [-0.39, 0.29) is 0 Å². The van der Waals surface area contributed by atoms with Crippen molar-refractivity contribution in [3.8, 4) is 55.9 Å². The first-order valence-electron chi connectivity index (χ1n) is 27.3. The van der Waals surface area contributed by atoms with Crippen molar-refractivity contribution in [1.82, 2.24) is 9.13 Å². The SMILES string of the molecule is Cc1ccc2c(c1)c1ccccc1n2-c1ccc(-c2c3ccccc3c(-c3ccccc3)c3ccccc23)cc1.c1ccc(-c2c3ccccc3c(-c3ccc(-n4c5ccccc5c5ccccc54)cc3)c3ccccc23)cc1. The summed E-state index contributed by atoms with van der Waals surface area (Å²) in [6, 6.07) is 108. The minimum absolute atomic E-state index is 1.17. The Balaban J connectivity index is 0.000000137. The highest BCUT2D eigenvalue weighted by atomic mass is 15.0. The number of benzene rings is 14. The molecule has 0 aliphatic carbocycles. The van der Waals surface area contributed by atoms with Gasteiger partial charge >= 0.3 is 0 Å². The molecular formula is C77H52N2. The molecule has 0 radical (unpaired) electrons. The molecule has 0 aliphatic rings. The summed E-state index contributed by atoms with van der Waals surface area (Å²) in [5.41, 5.74) is 18.7. The van der Waals surface area contributed by atoms with Gasteiger partial charge < -0.3 is 9.13 Å². The molecule has 0 saturated heterocycles. The third-order valence-electron chi connectivity index (χ3n) is 16.2. The highest BCUT2D eigenvalue weighted by molar-refractivity contribution is 6.23. The fourth-order valence-corrected chi connectivity index (χ4v) is 12.8. The summed E-state index contributed by atoms with van der Waals surface area (Å²) in [5, 5.41) is 15.4. The van der Waals surface area contributed by atoms with E-state index < -0.39 is 0 Å². The Hall–Kier alpha value is -10.3. The predicted octanol–water partition coefficient (Wildman–Crippen LogP) is 21.2. The van der Waals surface area contributed by atoms with Crippen LogP contribution in [0.5, 0.6) is 0 Å². The molecule has 0 fully saturated rings. The molecule has 0 atom stereocenters. The largest absolute Gasteiger partial charge is 0.309 e. The molecule has 2 heterocycles. The van der Waals surface area contributed by atoms with Gasteiger partial charge in [-0.25, -0.2) is 0 Å². The summed E-state index contributed by atoms with van der Waals surface area (Å²) in [5.74, 6) is 0. The predicted molar refractivity (Wildman–Crippen MR) is 338 cm³/mol. The van der Waals surface area contributed by atoms with Crippen LogP contribution in [-0.2, 0) is 0 Å². The Labute approximate surface area is 458 Å². The van der Waals surface area contributed by atoms with Crippen LogP contribution in [0.4, 0.5) is 0 Å². The van der Waals surface area contributed by atoms with Crippen LogP contribution in [0, 0.1) is 6.92 Å². The molecule has 0 amide bonds. The monoisotopic (exact) mass is 1000 g/mol. The lowest BCUT2D eigenvalue weighted by Gasteiger charge is -2.18. The van der Waals surface area contributed by atoms with Crippen LogP contribution in [0.25, 0.3) is 143 Å². The molecule has 0 N–H and O–H groups in total. The lowest BCUT2D eigenvalue weighted by Crippen LogP contribution is -1.94. The van der Waals surface area contributed by atoms with Gasteiger partial charge in [-0.3, -0.25) is 0 Å². The van der Waals surface area contributed by atoms with Crippen LogP contribution in [0.1, 0.15) is 5.56 Å².